The van der Waals surface area contributed by atoms with E-state index in [1.807, 2.05) is 64.1 Å². The largest absolute Gasteiger partial charge is 0.484 e. The van der Waals surface area contributed by atoms with E-state index in [0.29, 0.717) is 25.3 Å². The molecule has 2 amide bonds. The van der Waals surface area contributed by atoms with Crippen LogP contribution < -0.4 is 10.1 Å². The second kappa shape index (κ2) is 12.6. The highest BCUT2D eigenvalue weighted by molar-refractivity contribution is 9.10. The van der Waals surface area contributed by atoms with Gasteiger partial charge in [-0.1, -0.05) is 66.0 Å². The van der Waals surface area contributed by atoms with Crippen molar-refractivity contribution in [2.45, 2.75) is 66.5 Å². The molecule has 5 nitrogen and oxygen atoms in total. The van der Waals surface area contributed by atoms with Crippen LogP contribution >= 0.6 is 15.9 Å². The standard InChI is InChI=1S/C26H35BrN2O3/c1-6-8-12-28-26(31)23(7-2)29(16-21-11-9-10-18(3)13-21)24(30)17-32-22-14-19(4)25(27)20(5)15-22/h9-11,13-15,23H,6-8,12,16-17H2,1-5H3,(H,28,31)/t23-/m0/s1. The number of unbranched alkanes of at least 4 members (excludes halogenated alkanes) is 1. The first-order chi connectivity index (χ1) is 15.3. The fourth-order valence-electron chi connectivity index (χ4n) is 3.65. The van der Waals surface area contributed by atoms with Crippen molar-refractivity contribution in [3.8, 4) is 5.75 Å². The van der Waals surface area contributed by atoms with Gasteiger partial charge >= 0.3 is 0 Å². The summed E-state index contributed by atoms with van der Waals surface area (Å²) in [6, 6.07) is 11.3. The summed E-state index contributed by atoms with van der Waals surface area (Å²) in [4.78, 5) is 27.8. The molecule has 1 N–H and O–H groups in total. The molecule has 2 aromatic carbocycles. The van der Waals surface area contributed by atoms with E-state index in [1.54, 1.807) is 4.90 Å². The number of ether oxygens (including phenoxy) is 1. The van der Waals surface area contributed by atoms with Crippen molar-refractivity contribution in [2.75, 3.05) is 13.2 Å². The fraction of sp³-hybridized carbons (Fsp3) is 0.462. The van der Waals surface area contributed by atoms with E-state index in [-0.39, 0.29) is 18.4 Å². The molecule has 0 radical (unpaired) electrons. The van der Waals surface area contributed by atoms with Crippen molar-refractivity contribution >= 4 is 27.7 Å². The second-order valence-electron chi connectivity index (χ2n) is 8.24. The molecule has 0 bridgehead atoms. The highest BCUT2D eigenvalue weighted by Gasteiger charge is 2.28. The van der Waals surface area contributed by atoms with Gasteiger partial charge in [-0.25, -0.2) is 0 Å². The van der Waals surface area contributed by atoms with E-state index in [1.165, 1.54) is 0 Å². The van der Waals surface area contributed by atoms with Crippen LogP contribution in [0.15, 0.2) is 40.9 Å². The molecular weight excluding hydrogens is 468 g/mol. The van der Waals surface area contributed by atoms with Gasteiger partial charge in [-0.2, -0.15) is 0 Å². The highest BCUT2D eigenvalue weighted by Crippen LogP contribution is 2.26. The Hall–Kier alpha value is -2.34. The normalized spacial score (nSPS) is 11.7. The van der Waals surface area contributed by atoms with Crippen molar-refractivity contribution in [2.24, 2.45) is 0 Å². The number of nitrogens with zero attached hydrogens (tertiary/aromatic N) is 1. The monoisotopic (exact) mass is 502 g/mol. The summed E-state index contributed by atoms with van der Waals surface area (Å²) in [5.74, 6) is 0.326. The predicted molar refractivity (Wildman–Crippen MR) is 133 cm³/mol. The number of aryl methyl sites for hydroxylation is 3. The maximum absolute atomic E-state index is 13.3. The Morgan fingerprint density at radius 1 is 1.09 bits per heavy atom. The van der Waals surface area contributed by atoms with Crippen LogP contribution in [0, 0.1) is 20.8 Å². The van der Waals surface area contributed by atoms with E-state index < -0.39 is 6.04 Å². The molecule has 0 saturated heterocycles. The van der Waals surface area contributed by atoms with E-state index in [9.17, 15) is 9.59 Å². The molecule has 174 valence electrons. The molecule has 32 heavy (non-hydrogen) atoms. The third kappa shape index (κ3) is 7.37. The molecule has 0 aromatic heterocycles. The van der Waals surface area contributed by atoms with Gasteiger partial charge in [0.05, 0.1) is 0 Å². The van der Waals surface area contributed by atoms with Gasteiger partial charge in [0, 0.05) is 17.6 Å². The molecular formula is C26H35BrN2O3. The average molecular weight is 503 g/mol. The summed E-state index contributed by atoms with van der Waals surface area (Å²) in [6.07, 6.45) is 2.45. The van der Waals surface area contributed by atoms with Crippen molar-refractivity contribution in [3.63, 3.8) is 0 Å². The van der Waals surface area contributed by atoms with E-state index in [2.05, 4.69) is 28.2 Å². The van der Waals surface area contributed by atoms with Crippen LogP contribution in [0.4, 0.5) is 0 Å². The van der Waals surface area contributed by atoms with Gasteiger partial charge in [-0.05, 0) is 62.4 Å². The highest BCUT2D eigenvalue weighted by atomic mass is 79.9. The summed E-state index contributed by atoms with van der Waals surface area (Å²) in [5, 5.41) is 2.98. The number of nitrogens with one attached hydrogen (secondary N) is 1. The van der Waals surface area contributed by atoms with Crippen LogP contribution in [0.5, 0.6) is 5.75 Å². The summed E-state index contributed by atoms with van der Waals surface area (Å²) < 4.78 is 6.89. The number of hydrogen-bond donors (Lipinski definition) is 1. The Bertz CT molecular complexity index is 906. The van der Waals surface area contributed by atoms with Crippen LogP contribution in [0.1, 0.15) is 55.4 Å². The molecule has 0 saturated carbocycles. The average Bonchev–Trinajstić information content (AvgIpc) is 2.75. The Balaban J connectivity index is 2.21. The fourth-order valence-corrected chi connectivity index (χ4v) is 3.88. The number of halogens is 1. The lowest BCUT2D eigenvalue weighted by Crippen LogP contribution is -2.50. The van der Waals surface area contributed by atoms with Crippen LogP contribution in [-0.4, -0.2) is 35.9 Å². The quantitative estimate of drug-likeness (QED) is 0.414. The second-order valence-corrected chi connectivity index (χ2v) is 9.03. The van der Waals surface area contributed by atoms with Crippen LogP contribution in [0.25, 0.3) is 0 Å². The zero-order valence-corrected chi connectivity index (χ0v) is 21.4. The van der Waals surface area contributed by atoms with Gasteiger partial charge in [0.2, 0.25) is 5.91 Å². The van der Waals surface area contributed by atoms with Crippen molar-refractivity contribution < 1.29 is 14.3 Å². The summed E-state index contributed by atoms with van der Waals surface area (Å²) in [5.41, 5.74) is 4.21. The minimum atomic E-state index is -0.545. The lowest BCUT2D eigenvalue weighted by molar-refractivity contribution is -0.143. The lowest BCUT2D eigenvalue weighted by Gasteiger charge is -2.30. The zero-order valence-electron chi connectivity index (χ0n) is 19.8. The molecule has 0 fully saturated rings. The molecule has 1 atom stereocenters. The first-order valence-electron chi connectivity index (χ1n) is 11.3. The van der Waals surface area contributed by atoms with Crippen molar-refractivity contribution in [3.05, 3.63) is 63.1 Å². The number of benzene rings is 2. The van der Waals surface area contributed by atoms with Crippen LogP contribution in [0.3, 0.4) is 0 Å². The molecule has 0 spiro atoms. The molecule has 0 aliphatic carbocycles. The molecule has 0 unspecified atom stereocenters. The number of rotatable bonds is 11. The zero-order chi connectivity index (χ0) is 23.7. The SMILES string of the molecule is CCCCNC(=O)[C@H](CC)N(Cc1cccc(C)c1)C(=O)COc1cc(C)c(Br)c(C)c1. The first kappa shape index (κ1) is 25.9. The maximum Gasteiger partial charge on any atom is 0.261 e. The molecule has 0 aliphatic rings. The molecule has 2 rings (SSSR count). The molecule has 0 aliphatic heterocycles. The Morgan fingerprint density at radius 3 is 2.38 bits per heavy atom. The smallest absolute Gasteiger partial charge is 0.261 e. The minimum Gasteiger partial charge on any atom is -0.484 e. The van der Waals surface area contributed by atoms with Gasteiger partial charge in [0.15, 0.2) is 6.61 Å². The third-order valence-corrected chi connectivity index (χ3v) is 6.67. The first-order valence-corrected chi connectivity index (χ1v) is 12.1. The maximum atomic E-state index is 13.3. The van der Waals surface area contributed by atoms with Crippen LogP contribution in [0.2, 0.25) is 0 Å². The van der Waals surface area contributed by atoms with Gasteiger partial charge in [-0.3, -0.25) is 9.59 Å². The molecule has 2 aromatic rings. The van der Waals surface area contributed by atoms with E-state index in [4.69, 9.17) is 4.74 Å². The third-order valence-electron chi connectivity index (χ3n) is 5.42. The molecule has 6 heteroatoms. The summed E-state index contributed by atoms with van der Waals surface area (Å²) >= 11 is 3.55. The van der Waals surface area contributed by atoms with Gasteiger partial charge in [0.1, 0.15) is 11.8 Å². The van der Waals surface area contributed by atoms with E-state index >= 15 is 0 Å². The Kier molecular flexibility index (Phi) is 10.2. The predicted octanol–water partition coefficient (Wildman–Crippen LogP) is 5.48. The number of hydrogen-bond acceptors (Lipinski definition) is 3. The summed E-state index contributed by atoms with van der Waals surface area (Å²) in [6.45, 7) is 10.9. The minimum absolute atomic E-state index is 0.114. The number of amides is 2. The van der Waals surface area contributed by atoms with Gasteiger partial charge in [-0.15, -0.1) is 0 Å². The van der Waals surface area contributed by atoms with Crippen LogP contribution in [-0.2, 0) is 16.1 Å². The lowest BCUT2D eigenvalue weighted by atomic mass is 10.1. The van der Waals surface area contributed by atoms with Gasteiger partial charge in [0.25, 0.3) is 5.91 Å². The Labute approximate surface area is 200 Å². The van der Waals surface area contributed by atoms with Crippen molar-refractivity contribution in [1.82, 2.24) is 10.2 Å². The molecule has 0 heterocycles. The van der Waals surface area contributed by atoms with E-state index in [0.717, 1.165) is 39.6 Å². The number of carbonyl (C=O) groups excluding carboxylic acids is 2. The summed E-state index contributed by atoms with van der Waals surface area (Å²) in [7, 11) is 0. The Morgan fingerprint density at radius 2 is 1.78 bits per heavy atom. The topological polar surface area (TPSA) is 58.6 Å². The van der Waals surface area contributed by atoms with Crippen molar-refractivity contribution in [1.29, 1.82) is 0 Å². The van der Waals surface area contributed by atoms with Gasteiger partial charge < -0.3 is 15.0 Å². The number of carbonyl (C=O) groups is 2.